The van der Waals surface area contributed by atoms with Gasteiger partial charge in [0.1, 0.15) is 6.54 Å². The maximum atomic E-state index is 12.2. The van der Waals surface area contributed by atoms with Gasteiger partial charge in [-0.1, -0.05) is 38.8 Å². The Hall–Kier alpha value is -2.17. The number of fused-ring (bicyclic) bond motifs is 1. The molecule has 5 nitrogen and oxygen atoms in total. The van der Waals surface area contributed by atoms with Gasteiger partial charge in [0, 0.05) is 11.4 Å². The lowest BCUT2D eigenvalue weighted by Crippen LogP contribution is -2.35. The van der Waals surface area contributed by atoms with Gasteiger partial charge in [0.25, 0.3) is 0 Å². The maximum absolute atomic E-state index is 12.2. The average molecular weight is 315 g/mol. The summed E-state index contributed by atoms with van der Waals surface area (Å²) in [6.07, 6.45) is 4.52. The fourth-order valence-corrected chi connectivity index (χ4v) is 2.65. The molecule has 0 unspecified atom stereocenters. The van der Waals surface area contributed by atoms with Crippen molar-refractivity contribution in [3.05, 3.63) is 40.7 Å². The van der Waals surface area contributed by atoms with Crippen LogP contribution in [0.15, 0.2) is 35.3 Å². The van der Waals surface area contributed by atoms with Crippen LogP contribution in [-0.4, -0.2) is 21.7 Å². The molecule has 1 aromatic heterocycles. The molecule has 2 aromatic rings. The van der Waals surface area contributed by atoms with Crippen molar-refractivity contribution < 1.29 is 4.79 Å². The van der Waals surface area contributed by atoms with E-state index in [1.807, 2.05) is 25.1 Å². The fourth-order valence-electron chi connectivity index (χ4n) is 2.65. The second-order valence-corrected chi connectivity index (χ2v) is 6.48. The van der Waals surface area contributed by atoms with Gasteiger partial charge in [-0.2, -0.15) is 5.10 Å². The van der Waals surface area contributed by atoms with Crippen LogP contribution in [0.1, 0.15) is 40.0 Å². The van der Waals surface area contributed by atoms with E-state index in [4.69, 9.17) is 0 Å². The van der Waals surface area contributed by atoms with Crippen molar-refractivity contribution in [1.82, 2.24) is 15.1 Å². The lowest BCUT2D eigenvalue weighted by atomic mass is 10.0. The summed E-state index contributed by atoms with van der Waals surface area (Å²) in [5, 5.41) is 7.67. The quantitative estimate of drug-likeness (QED) is 0.854. The summed E-state index contributed by atoms with van der Waals surface area (Å²) >= 11 is 0. The highest BCUT2D eigenvalue weighted by Gasteiger charge is 2.11. The van der Waals surface area contributed by atoms with Crippen molar-refractivity contribution in [2.24, 2.45) is 5.92 Å². The van der Waals surface area contributed by atoms with Crippen LogP contribution in [0.25, 0.3) is 10.9 Å². The Kier molecular flexibility index (Phi) is 5.90. The number of benzene rings is 1. The van der Waals surface area contributed by atoms with Crippen LogP contribution in [-0.2, 0) is 11.3 Å². The first-order valence-electron chi connectivity index (χ1n) is 8.21. The Labute approximate surface area is 136 Å². The summed E-state index contributed by atoms with van der Waals surface area (Å²) in [6.45, 7) is 6.55. The molecular formula is C18H25N3O2. The number of carbonyl (C=O) groups excluding carboxylic acids is 1. The van der Waals surface area contributed by atoms with Crippen LogP contribution < -0.4 is 10.7 Å². The van der Waals surface area contributed by atoms with Crippen molar-refractivity contribution in [1.29, 1.82) is 0 Å². The van der Waals surface area contributed by atoms with E-state index in [1.54, 1.807) is 10.7 Å². The first-order valence-corrected chi connectivity index (χ1v) is 8.21. The van der Waals surface area contributed by atoms with E-state index >= 15 is 0 Å². The minimum atomic E-state index is -0.126. The number of para-hydroxylation sites is 1. The van der Waals surface area contributed by atoms with Gasteiger partial charge in [-0.15, -0.1) is 0 Å². The van der Waals surface area contributed by atoms with Crippen LogP contribution in [0.3, 0.4) is 0 Å². The van der Waals surface area contributed by atoms with E-state index < -0.39 is 0 Å². The van der Waals surface area contributed by atoms with Gasteiger partial charge in [0.05, 0.1) is 11.7 Å². The van der Waals surface area contributed by atoms with Crippen LogP contribution in [0.2, 0.25) is 0 Å². The molecule has 0 bridgehead atoms. The molecule has 124 valence electrons. The standard InChI is InChI=1S/C18H25N3O2/c1-13(2)7-6-8-14(3)20-18(23)12-21-16-10-5-4-9-15(16)17(22)11-19-21/h4-5,9-11,13-14H,6-8,12H2,1-3H3,(H,20,23)/t14-/m0/s1. The summed E-state index contributed by atoms with van der Waals surface area (Å²) < 4.78 is 1.58. The molecule has 1 heterocycles. The average Bonchev–Trinajstić information content (AvgIpc) is 2.50. The highest BCUT2D eigenvalue weighted by molar-refractivity contribution is 5.81. The molecule has 23 heavy (non-hydrogen) atoms. The van der Waals surface area contributed by atoms with Crippen LogP contribution >= 0.6 is 0 Å². The Bertz CT molecular complexity index is 722. The third-order valence-electron chi connectivity index (χ3n) is 3.88. The predicted molar refractivity (Wildman–Crippen MR) is 92.3 cm³/mol. The van der Waals surface area contributed by atoms with E-state index in [2.05, 4.69) is 24.3 Å². The number of hydrogen-bond acceptors (Lipinski definition) is 3. The Morgan fingerprint density at radius 1 is 1.22 bits per heavy atom. The Morgan fingerprint density at radius 2 is 1.96 bits per heavy atom. The number of carbonyl (C=O) groups is 1. The monoisotopic (exact) mass is 315 g/mol. The highest BCUT2D eigenvalue weighted by Crippen LogP contribution is 2.09. The predicted octanol–water partition coefficient (Wildman–Crippen LogP) is 2.73. The van der Waals surface area contributed by atoms with E-state index in [9.17, 15) is 9.59 Å². The third kappa shape index (κ3) is 4.91. The van der Waals surface area contributed by atoms with Gasteiger partial charge in [-0.3, -0.25) is 14.3 Å². The zero-order valence-corrected chi connectivity index (χ0v) is 14.1. The summed E-state index contributed by atoms with van der Waals surface area (Å²) in [7, 11) is 0. The van der Waals surface area contributed by atoms with Gasteiger partial charge >= 0.3 is 0 Å². The molecular weight excluding hydrogens is 290 g/mol. The van der Waals surface area contributed by atoms with Crippen LogP contribution in [0.4, 0.5) is 0 Å². The number of nitrogens with zero attached hydrogens (tertiary/aromatic N) is 2. The van der Waals surface area contributed by atoms with E-state index in [0.29, 0.717) is 16.8 Å². The molecule has 1 N–H and O–H groups in total. The first-order chi connectivity index (χ1) is 11.0. The lowest BCUT2D eigenvalue weighted by molar-refractivity contribution is -0.122. The minimum absolute atomic E-state index is 0.0802. The summed E-state index contributed by atoms with van der Waals surface area (Å²) in [4.78, 5) is 24.0. The molecule has 2 rings (SSSR count). The van der Waals surface area contributed by atoms with Gasteiger partial charge in [-0.05, 0) is 31.4 Å². The summed E-state index contributed by atoms with van der Waals surface area (Å²) in [5.41, 5.74) is 0.557. The van der Waals surface area contributed by atoms with Crippen LogP contribution in [0.5, 0.6) is 0 Å². The normalized spacial score (nSPS) is 12.5. The van der Waals surface area contributed by atoms with Gasteiger partial charge in [0.15, 0.2) is 0 Å². The topological polar surface area (TPSA) is 64.0 Å². The number of hydrogen-bond donors (Lipinski definition) is 1. The van der Waals surface area contributed by atoms with E-state index in [0.717, 1.165) is 12.8 Å². The highest BCUT2D eigenvalue weighted by atomic mass is 16.2. The zero-order valence-electron chi connectivity index (χ0n) is 14.1. The summed E-state index contributed by atoms with van der Waals surface area (Å²) in [6, 6.07) is 7.36. The molecule has 1 atom stereocenters. The molecule has 0 spiro atoms. The molecule has 0 fully saturated rings. The van der Waals surface area contributed by atoms with Crippen molar-refractivity contribution in [2.75, 3.05) is 0 Å². The number of amides is 1. The molecule has 0 aliphatic rings. The second kappa shape index (κ2) is 7.90. The molecule has 0 aliphatic carbocycles. The maximum Gasteiger partial charge on any atom is 0.241 e. The minimum Gasteiger partial charge on any atom is -0.352 e. The summed E-state index contributed by atoms with van der Waals surface area (Å²) in [5.74, 6) is 0.609. The lowest BCUT2D eigenvalue weighted by Gasteiger charge is -2.15. The molecule has 0 aliphatic heterocycles. The molecule has 1 aromatic carbocycles. The zero-order chi connectivity index (χ0) is 16.8. The van der Waals surface area contributed by atoms with Gasteiger partial charge in [-0.25, -0.2) is 0 Å². The first kappa shape index (κ1) is 17.2. The molecule has 0 radical (unpaired) electrons. The SMILES string of the molecule is CC(C)CCC[C@H](C)NC(=O)Cn1ncc(=O)c2ccccc21. The second-order valence-electron chi connectivity index (χ2n) is 6.48. The third-order valence-corrected chi connectivity index (χ3v) is 3.88. The van der Waals surface area contributed by atoms with Crippen molar-refractivity contribution in [2.45, 2.75) is 52.6 Å². The van der Waals surface area contributed by atoms with E-state index in [-0.39, 0.29) is 23.9 Å². The molecule has 1 amide bonds. The van der Waals surface area contributed by atoms with Gasteiger partial charge in [0.2, 0.25) is 11.3 Å². The number of nitrogens with one attached hydrogen (secondary N) is 1. The van der Waals surface area contributed by atoms with Crippen molar-refractivity contribution >= 4 is 16.8 Å². The molecule has 5 heteroatoms. The van der Waals surface area contributed by atoms with Crippen LogP contribution in [0, 0.1) is 5.92 Å². The number of rotatable bonds is 7. The largest absolute Gasteiger partial charge is 0.352 e. The van der Waals surface area contributed by atoms with E-state index in [1.165, 1.54) is 12.6 Å². The Morgan fingerprint density at radius 3 is 2.70 bits per heavy atom. The van der Waals surface area contributed by atoms with Crippen molar-refractivity contribution in [3.8, 4) is 0 Å². The smallest absolute Gasteiger partial charge is 0.241 e. The van der Waals surface area contributed by atoms with Gasteiger partial charge < -0.3 is 5.32 Å². The molecule has 0 saturated carbocycles. The molecule has 0 saturated heterocycles. The number of aromatic nitrogens is 2. The van der Waals surface area contributed by atoms with Crippen molar-refractivity contribution in [3.63, 3.8) is 0 Å². The Balaban J connectivity index is 1.98. The fraction of sp³-hybridized carbons (Fsp3) is 0.500.